The van der Waals surface area contributed by atoms with Crippen LogP contribution in [0, 0.1) is 0 Å². The lowest BCUT2D eigenvalue weighted by atomic mass is 10.1. The number of likely N-dealkylation sites (tertiary alicyclic amines) is 1. The van der Waals surface area contributed by atoms with Gasteiger partial charge in [0.2, 0.25) is 5.91 Å². The lowest BCUT2D eigenvalue weighted by Crippen LogP contribution is -2.35. The third-order valence-electron chi connectivity index (χ3n) is 5.92. The first-order chi connectivity index (χ1) is 14.7. The van der Waals surface area contributed by atoms with Crippen molar-refractivity contribution in [1.29, 1.82) is 0 Å². The molecule has 0 radical (unpaired) electrons. The summed E-state index contributed by atoms with van der Waals surface area (Å²) in [5, 5.41) is 5.89. The van der Waals surface area contributed by atoms with Crippen molar-refractivity contribution in [1.82, 2.24) is 15.5 Å². The normalized spacial score (nSPS) is 16.8. The Labute approximate surface area is 178 Å². The number of anilines is 1. The van der Waals surface area contributed by atoms with Crippen LogP contribution < -0.4 is 15.5 Å². The summed E-state index contributed by atoms with van der Waals surface area (Å²) >= 11 is 0. The number of carbonyl (C=O) groups excluding carboxylic acids is 2. The van der Waals surface area contributed by atoms with Gasteiger partial charge in [0.1, 0.15) is 0 Å². The molecule has 6 nitrogen and oxygen atoms in total. The highest BCUT2D eigenvalue weighted by atomic mass is 16.2. The van der Waals surface area contributed by atoms with Crippen molar-refractivity contribution >= 4 is 17.6 Å². The lowest BCUT2D eigenvalue weighted by molar-refractivity contribution is -0.117. The molecule has 0 unspecified atom stereocenters. The average molecular weight is 407 g/mol. The van der Waals surface area contributed by atoms with Gasteiger partial charge in [-0.15, -0.1) is 0 Å². The summed E-state index contributed by atoms with van der Waals surface area (Å²) in [7, 11) is 0. The highest BCUT2D eigenvalue weighted by molar-refractivity contribution is 5.95. The maximum absolute atomic E-state index is 12.3. The molecule has 2 fully saturated rings. The molecule has 0 aromatic heterocycles. The number of rotatable bonds is 7. The molecule has 0 bridgehead atoms. The van der Waals surface area contributed by atoms with E-state index in [1.54, 1.807) is 0 Å². The van der Waals surface area contributed by atoms with Crippen molar-refractivity contribution in [3.8, 4) is 0 Å². The van der Waals surface area contributed by atoms with E-state index in [0.29, 0.717) is 19.5 Å². The second kappa shape index (κ2) is 9.76. The zero-order valence-electron chi connectivity index (χ0n) is 17.4. The quantitative estimate of drug-likeness (QED) is 0.741. The summed E-state index contributed by atoms with van der Waals surface area (Å²) in [4.78, 5) is 28.4. The molecule has 2 aliphatic heterocycles. The molecule has 3 amide bonds. The minimum absolute atomic E-state index is 0.176. The Kier molecular flexibility index (Phi) is 6.64. The van der Waals surface area contributed by atoms with E-state index < -0.39 is 0 Å². The SMILES string of the molecule is O=C(NCc1ccc(N2CCCC2=O)cc1)NCc1ccccc1CN1CCCC1. The van der Waals surface area contributed by atoms with Crippen LogP contribution >= 0.6 is 0 Å². The first-order valence-corrected chi connectivity index (χ1v) is 10.9. The van der Waals surface area contributed by atoms with E-state index in [9.17, 15) is 9.59 Å². The van der Waals surface area contributed by atoms with Crippen LogP contribution in [0.1, 0.15) is 42.4 Å². The van der Waals surface area contributed by atoms with E-state index >= 15 is 0 Å². The van der Waals surface area contributed by atoms with E-state index in [-0.39, 0.29) is 11.9 Å². The zero-order valence-corrected chi connectivity index (χ0v) is 17.4. The van der Waals surface area contributed by atoms with Gasteiger partial charge in [-0.05, 0) is 61.2 Å². The largest absolute Gasteiger partial charge is 0.334 e. The van der Waals surface area contributed by atoms with Gasteiger partial charge in [0.15, 0.2) is 0 Å². The number of hydrogen-bond acceptors (Lipinski definition) is 3. The van der Waals surface area contributed by atoms with E-state index in [4.69, 9.17) is 0 Å². The molecule has 2 heterocycles. The second-order valence-electron chi connectivity index (χ2n) is 8.10. The Balaban J connectivity index is 1.25. The predicted molar refractivity (Wildman–Crippen MR) is 118 cm³/mol. The van der Waals surface area contributed by atoms with E-state index in [1.807, 2.05) is 35.2 Å². The van der Waals surface area contributed by atoms with Crippen LogP contribution in [0.15, 0.2) is 48.5 Å². The average Bonchev–Trinajstić information content (AvgIpc) is 3.44. The fourth-order valence-electron chi connectivity index (χ4n) is 4.20. The maximum atomic E-state index is 12.3. The summed E-state index contributed by atoms with van der Waals surface area (Å²) in [5.41, 5.74) is 4.39. The van der Waals surface area contributed by atoms with Gasteiger partial charge in [-0.25, -0.2) is 4.79 Å². The fourth-order valence-corrected chi connectivity index (χ4v) is 4.20. The first kappa shape index (κ1) is 20.4. The Morgan fingerprint density at radius 3 is 2.23 bits per heavy atom. The smallest absolute Gasteiger partial charge is 0.315 e. The number of nitrogens with one attached hydrogen (secondary N) is 2. The molecule has 6 heteroatoms. The van der Waals surface area contributed by atoms with E-state index in [0.717, 1.165) is 43.9 Å². The highest BCUT2D eigenvalue weighted by Crippen LogP contribution is 2.21. The molecule has 2 aromatic carbocycles. The van der Waals surface area contributed by atoms with Crippen molar-refractivity contribution in [2.75, 3.05) is 24.5 Å². The molecule has 30 heavy (non-hydrogen) atoms. The van der Waals surface area contributed by atoms with Gasteiger partial charge < -0.3 is 15.5 Å². The van der Waals surface area contributed by atoms with Crippen LogP contribution in [0.5, 0.6) is 0 Å². The Bertz CT molecular complexity index is 875. The van der Waals surface area contributed by atoms with Crippen LogP contribution in [-0.2, 0) is 24.4 Å². The van der Waals surface area contributed by atoms with Gasteiger partial charge in [-0.3, -0.25) is 9.69 Å². The van der Waals surface area contributed by atoms with Crippen molar-refractivity contribution in [3.05, 3.63) is 65.2 Å². The number of urea groups is 1. The van der Waals surface area contributed by atoms with Crippen molar-refractivity contribution in [2.24, 2.45) is 0 Å². The second-order valence-corrected chi connectivity index (χ2v) is 8.10. The van der Waals surface area contributed by atoms with Crippen molar-refractivity contribution in [2.45, 2.75) is 45.3 Å². The van der Waals surface area contributed by atoms with Gasteiger partial charge in [0, 0.05) is 38.3 Å². The van der Waals surface area contributed by atoms with Crippen LogP contribution in [0.4, 0.5) is 10.5 Å². The Hall–Kier alpha value is -2.86. The molecule has 2 aromatic rings. The monoisotopic (exact) mass is 406 g/mol. The summed E-state index contributed by atoms with van der Waals surface area (Å²) in [6.07, 6.45) is 4.10. The molecule has 158 valence electrons. The number of carbonyl (C=O) groups is 2. The summed E-state index contributed by atoms with van der Waals surface area (Å²) < 4.78 is 0. The fraction of sp³-hybridized carbons (Fsp3) is 0.417. The first-order valence-electron chi connectivity index (χ1n) is 10.9. The van der Waals surface area contributed by atoms with Crippen molar-refractivity contribution < 1.29 is 9.59 Å². The molecule has 2 aliphatic rings. The third kappa shape index (κ3) is 5.19. The molecule has 2 saturated heterocycles. The minimum Gasteiger partial charge on any atom is -0.334 e. The molecule has 0 spiro atoms. The summed E-state index contributed by atoms with van der Waals surface area (Å²) in [6.45, 7) is 5.03. The summed E-state index contributed by atoms with van der Waals surface area (Å²) in [5.74, 6) is 0.185. The molecule has 2 N–H and O–H groups in total. The third-order valence-corrected chi connectivity index (χ3v) is 5.92. The number of nitrogens with zero attached hydrogens (tertiary/aromatic N) is 2. The topological polar surface area (TPSA) is 64.7 Å². The number of benzene rings is 2. The molecular formula is C24H30N4O2. The zero-order chi connectivity index (χ0) is 20.8. The van der Waals surface area contributed by atoms with Gasteiger partial charge in [0.25, 0.3) is 0 Å². The van der Waals surface area contributed by atoms with Crippen LogP contribution in [0.2, 0.25) is 0 Å². The van der Waals surface area contributed by atoms with Crippen LogP contribution in [-0.4, -0.2) is 36.5 Å². The number of hydrogen-bond donors (Lipinski definition) is 2. The Morgan fingerprint density at radius 2 is 1.53 bits per heavy atom. The van der Waals surface area contributed by atoms with Gasteiger partial charge in [-0.1, -0.05) is 36.4 Å². The summed E-state index contributed by atoms with van der Waals surface area (Å²) in [6, 6.07) is 16.0. The molecule has 0 atom stereocenters. The Morgan fingerprint density at radius 1 is 0.833 bits per heavy atom. The van der Waals surface area contributed by atoms with E-state index in [2.05, 4.69) is 33.7 Å². The highest BCUT2D eigenvalue weighted by Gasteiger charge is 2.21. The molecule has 0 aliphatic carbocycles. The van der Waals surface area contributed by atoms with Crippen LogP contribution in [0.25, 0.3) is 0 Å². The lowest BCUT2D eigenvalue weighted by Gasteiger charge is -2.18. The molecule has 4 rings (SSSR count). The minimum atomic E-state index is -0.176. The predicted octanol–water partition coefficient (Wildman–Crippen LogP) is 3.41. The standard InChI is InChI=1S/C24H30N4O2/c29-23-8-5-15-28(23)22-11-9-19(10-12-22)16-25-24(30)26-17-20-6-1-2-7-21(20)18-27-13-3-4-14-27/h1-2,6-7,9-12H,3-5,8,13-18H2,(H2,25,26,30). The number of amides is 3. The van der Waals surface area contributed by atoms with Crippen molar-refractivity contribution in [3.63, 3.8) is 0 Å². The molecule has 0 saturated carbocycles. The van der Waals surface area contributed by atoms with Gasteiger partial charge in [0.05, 0.1) is 0 Å². The van der Waals surface area contributed by atoms with Gasteiger partial charge in [-0.2, -0.15) is 0 Å². The van der Waals surface area contributed by atoms with E-state index in [1.165, 1.54) is 24.0 Å². The molecular weight excluding hydrogens is 376 g/mol. The maximum Gasteiger partial charge on any atom is 0.315 e. The van der Waals surface area contributed by atoms with Crippen LogP contribution in [0.3, 0.4) is 0 Å². The van der Waals surface area contributed by atoms with Gasteiger partial charge >= 0.3 is 6.03 Å².